The van der Waals surface area contributed by atoms with Crippen molar-refractivity contribution in [2.45, 2.75) is 20.4 Å². The molecule has 0 bridgehead atoms. The molecule has 1 heterocycles. The third-order valence-corrected chi connectivity index (χ3v) is 2.66. The predicted octanol–water partition coefficient (Wildman–Crippen LogP) is 1.82. The second-order valence-corrected chi connectivity index (χ2v) is 3.66. The molecular formula is C11H16N2. The van der Waals surface area contributed by atoms with Crippen LogP contribution in [0.15, 0.2) is 12.1 Å². The first kappa shape index (κ1) is 8.57. The van der Waals surface area contributed by atoms with Crippen molar-refractivity contribution >= 4 is 5.69 Å². The highest BCUT2D eigenvalue weighted by Gasteiger charge is 2.10. The van der Waals surface area contributed by atoms with E-state index in [1.165, 1.54) is 22.4 Å². The van der Waals surface area contributed by atoms with Crippen LogP contribution in [-0.4, -0.2) is 13.1 Å². The highest BCUT2D eigenvalue weighted by Crippen LogP contribution is 2.24. The standard InChI is InChI=1S/C11H16N2/c1-8-3-4-9(2)11-10(8)7-12-5-6-13-11/h3-4,12-13H,5-7H2,1-2H3. The van der Waals surface area contributed by atoms with Crippen LogP contribution >= 0.6 is 0 Å². The Labute approximate surface area is 79.4 Å². The molecule has 0 radical (unpaired) electrons. The van der Waals surface area contributed by atoms with Crippen LogP contribution in [-0.2, 0) is 6.54 Å². The van der Waals surface area contributed by atoms with Gasteiger partial charge in [0, 0.05) is 25.3 Å². The van der Waals surface area contributed by atoms with E-state index in [1.807, 2.05) is 0 Å². The van der Waals surface area contributed by atoms with Crippen LogP contribution in [0.3, 0.4) is 0 Å². The van der Waals surface area contributed by atoms with Crippen molar-refractivity contribution in [3.05, 3.63) is 28.8 Å². The van der Waals surface area contributed by atoms with Gasteiger partial charge in [-0.25, -0.2) is 0 Å². The molecule has 1 aliphatic rings. The number of hydrogen-bond donors (Lipinski definition) is 2. The van der Waals surface area contributed by atoms with E-state index in [-0.39, 0.29) is 0 Å². The normalized spacial score (nSPS) is 15.8. The van der Waals surface area contributed by atoms with Crippen molar-refractivity contribution in [2.24, 2.45) is 0 Å². The minimum atomic E-state index is 0.996. The molecule has 0 aliphatic carbocycles. The first-order valence-electron chi connectivity index (χ1n) is 4.82. The average molecular weight is 176 g/mol. The topological polar surface area (TPSA) is 24.1 Å². The summed E-state index contributed by atoms with van der Waals surface area (Å²) < 4.78 is 0. The van der Waals surface area contributed by atoms with Crippen LogP contribution in [0.1, 0.15) is 16.7 Å². The Bertz CT molecular complexity index is 287. The van der Waals surface area contributed by atoms with Gasteiger partial charge in [-0.2, -0.15) is 0 Å². The highest BCUT2D eigenvalue weighted by molar-refractivity contribution is 5.60. The summed E-state index contributed by atoms with van der Waals surface area (Å²) >= 11 is 0. The summed E-state index contributed by atoms with van der Waals surface area (Å²) in [5, 5.41) is 6.88. The fourth-order valence-corrected chi connectivity index (χ4v) is 1.83. The van der Waals surface area contributed by atoms with Crippen molar-refractivity contribution in [3.63, 3.8) is 0 Å². The van der Waals surface area contributed by atoms with E-state index in [2.05, 4.69) is 36.6 Å². The monoisotopic (exact) mass is 176 g/mol. The average Bonchev–Trinajstić information content (AvgIpc) is 2.37. The Kier molecular flexibility index (Phi) is 2.23. The third kappa shape index (κ3) is 1.54. The van der Waals surface area contributed by atoms with E-state index < -0.39 is 0 Å². The number of benzene rings is 1. The molecule has 0 saturated heterocycles. The summed E-state index contributed by atoms with van der Waals surface area (Å²) in [4.78, 5) is 0. The van der Waals surface area contributed by atoms with Crippen molar-refractivity contribution in [1.29, 1.82) is 0 Å². The predicted molar refractivity (Wildman–Crippen MR) is 56.1 cm³/mol. The molecule has 2 heteroatoms. The highest BCUT2D eigenvalue weighted by atomic mass is 15.0. The Morgan fingerprint density at radius 1 is 1.08 bits per heavy atom. The van der Waals surface area contributed by atoms with Gasteiger partial charge in [-0.15, -0.1) is 0 Å². The Morgan fingerprint density at radius 3 is 2.69 bits per heavy atom. The molecule has 1 aliphatic heterocycles. The minimum Gasteiger partial charge on any atom is -0.383 e. The fourth-order valence-electron chi connectivity index (χ4n) is 1.83. The summed E-state index contributed by atoms with van der Waals surface area (Å²) in [6.07, 6.45) is 0. The lowest BCUT2D eigenvalue weighted by atomic mass is 10.0. The van der Waals surface area contributed by atoms with Gasteiger partial charge in [0.2, 0.25) is 0 Å². The van der Waals surface area contributed by atoms with E-state index in [1.54, 1.807) is 0 Å². The van der Waals surface area contributed by atoms with E-state index in [0.29, 0.717) is 0 Å². The molecule has 0 spiro atoms. The van der Waals surface area contributed by atoms with Gasteiger partial charge in [0.25, 0.3) is 0 Å². The van der Waals surface area contributed by atoms with Crippen molar-refractivity contribution in [1.82, 2.24) is 5.32 Å². The molecule has 0 amide bonds. The SMILES string of the molecule is Cc1ccc(C)c2c1CNCCN2. The minimum absolute atomic E-state index is 0.996. The van der Waals surface area contributed by atoms with Crippen molar-refractivity contribution in [3.8, 4) is 0 Å². The molecule has 0 saturated carbocycles. The van der Waals surface area contributed by atoms with Crippen LogP contribution in [0.4, 0.5) is 5.69 Å². The molecule has 0 atom stereocenters. The molecular weight excluding hydrogens is 160 g/mol. The molecule has 1 aromatic rings. The van der Waals surface area contributed by atoms with E-state index in [4.69, 9.17) is 0 Å². The third-order valence-electron chi connectivity index (χ3n) is 2.66. The lowest BCUT2D eigenvalue weighted by Crippen LogP contribution is -2.17. The van der Waals surface area contributed by atoms with Crippen LogP contribution in [0.5, 0.6) is 0 Å². The molecule has 13 heavy (non-hydrogen) atoms. The summed E-state index contributed by atoms with van der Waals surface area (Å²) in [5.41, 5.74) is 5.49. The van der Waals surface area contributed by atoms with Crippen LogP contribution in [0.2, 0.25) is 0 Å². The fraction of sp³-hybridized carbons (Fsp3) is 0.455. The van der Waals surface area contributed by atoms with Crippen LogP contribution in [0, 0.1) is 13.8 Å². The van der Waals surface area contributed by atoms with Crippen LogP contribution in [0.25, 0.3) is 0 Å². The number of anilines is 1. The number of fused-ring (bicyclic) bond motifs is 1. The molecule has 2 N–H and O–H groups in total. The van der Waals surface area contributed by atoms with Crippen molar-refractivity contribution < 1.29 is 0 Å². The molecule has 0 aromatic heterocycles. The first-order valence-corrected chi connectivity index (χ1v) is 4.82. The van der Waals surface area contributed by atoms with Gasteiger partial charge in [-0.3, -0.25) is 0 Å². The van der Waals surface area contributed by atoms with Gasteiger partial charge in [0.15, 0.2) is 0 Å². The zero-order valence-electron chi connectivity index (χ0n) is 8.28. The molecule has 1 aromatic carbocycles. The van der Waals surface area contributed by atoms with E-state index in [9.17, 15) is 0 Å². The number of aryl methyl sites for hydroxylation is 2. The maximum Gasteiger partial charge on any atom is 0.0418 e. The van der Waals surface area contributed by atoms with E-state index in [0.717, 1.165) is 19.6 Å². The van der Waals surface area contributed by atoms with Gasteiger partial charge in [0.05, 0.1) is 0 Å². The van der Waals surface area contributed by atoms with E-state index >= 15 is 0 Å². The summed E-state index contributed by atoms with van der Waals surface area (Å²) in [6.45, 7) is 7.41. The van der Waals surface area contributed by atoms with Gasteiger partial charge in [-0.1, -0.05) is 12.1 Å². The molecule has 0 fully saturated rings. The Morgan fingerprint density at radius 2 is 1.85 bits per heavy atom. The number of hydrogen-bond acceptors (Lipinski definition) is 2. The summed E-state index contributed by atoms with van der Waals surface area (Å²) in [7, 11) is 0. The largest absolute Gasteiger partial charge is 0.383 e. The lowest BCUT2D eigenvalue weighted by Gasteiger charge is -2.12. The number of rotatable bonds is 0. The Balaban J connectivity index is 2.50. The van der Waals surface area contributed by atoms with Gasteiger partial charge in [-0.05, 0) is 30.5 Å². The van der Waals surface area contributed by atoms with Gasteiger partial charge >= 0.3 is 0 Å². The lowest BCUT2D eigenvalue weighted by molar-refractivity contribution is 0.723. The Hall–Kier alpha value is -1.02. The summed E-state index contributed by atoms with van der Waals surface area (Å²) in [5.74, 6) is 0. The summed E-state index contributed by atoms with van der Waals surface area (Å²) in [6, 6.07) is 4.38. The van der Waals surface area contributed by atoms with Gasteiger partial charge < -0.3 is 10.6 Å². The van der Waals surface area contributed by atoms with Crippen molar-refractivity contribution in [2.75, 3.05) is 18.4 Å². The zero-order valence-corrected chi connectivity index (χ0v) is 8.28. The molecule has 2 rings (SSSR count). The maximum atomic E-state index is 3.47. The maximum absolute atomic E-state index is 3.47. The van der Waals surface area contributed by atoms with Crippen LogP contribution < -0.4 is 10.6 Å². The molecule has 0 unspecified atom stereocenters. The molecule has 2 nitrogen and oxygen atoms in total. The quantitative estimate of drug-likeness (QED) is 0.630. The molecule has 70 valence electrons. The zero-order chi connectivity index (χ0) is 9.26. The second kappa shape index (κ2) is 3.38. The second-order valence-electron chi connectivity index (χ2n) is 3.66. The first-order chi connectivity index (χ1) is 6.29. The number of nitrogens with one attached hydrogen (secondary N) is 2. The van der Waals surface area contributed by atoms with Gasteiger partial charge in [0.1, 0.15) is 0 Å². The smallest absolute Gasteiger partial charge is 0.0418 e.